The minimum atomic E-state index is -3.29. The van der Waals surface area contributed by atoms with Gasteiger partial charge in [0.2, 0.25) is 5.91 Å². The van der Waals surface area contributed by atoms with E-state index in [1.807, 2.05) is 41.9 Å². The van der Waals surface area contributed by atoms with Gasteiger partial charge in [0, 0.05) is 25.1 Å². The van der Waals surface area contributed by atoms with Crippen molar-refractivity contribution in [1.29, 1.82) is 0 Å². The largest absolute Gasteiger partial charge is 0.326 e. The van der Waals surface area contributed by atoms with Crippen LogP contribution in [0.2, 0.25) is 0 Å². The minimum Gasteiger partial charge on any atom is -0.307 e. The van der Waals surface area contributed by atoms with Gasteiger partial charge in [0.05, 0.1) is 28.0 Å². The van der Waals surface area contributed by atoms with Crippen molar-refractivity contribution < 1.29 is 18.0 Å². The lowest BCUT2D eigenvalue weighted by Crippen LogP contribution is -2.52. The van der Waals surface area contributed by atoms with Crippen molar-refractivity contribution in [2.45, 2.75) is 24.8 Å². The molecule has 0 saturated carbocycles. The number of thiophene rings is 1. The third-order valence-electron chi connectivity index (χ3n) is 5.39. The smallest absolute Gasteiger partial charge is 0.307 e. The van der Waals surface area contributed by atoms with Gasteiger partial charge in [-0.3, -0.25) is 9.69 Å². The van der Waals surface area contributed by atoms with Crippen LogP contribution in [0.4, 0.5) is 21.9 Å². The van der Waals surface area contributed by atoms with Crippen LogP contribution in [0.3, 0.4) is 0 Å². The molecule has 9 heteroatoms. The van der Waals surface area contributed by atoms with Crippen LogP contribution >= 0.6 is 11.3 Å². The first kappa shape index (κ1) is 22.0. The second-order valence-electron chi connectivity index (χ2n) is 7.79. The summed E-state index contributed by atoms with van der Waals surface area (Å²) in [6.45, 7) is 3.77. The first-order valence-electron chi connectivity index (χ1n) is 10.00. The SMILES string of the molecule is CC(=O)N1c2ccc(-c3ccc(S(C)(=O)=O)cc3)cc2N(C(=O)Nc2ccsc2)C[C@@H]1C. The van der Waals surface area contributed by atoms with E-state index in [4.69, 9.17) is 0 Å². The third kappa shape index (κ3) is 4.26. The lowest BCUT2D eigenvalue weighted by Gasteiger charge is -2.40. The van der Waals surface area contributed by atoms with Gasteiger partial charge >= 0.3 is 6.03 Å². The summed E-state index contributed by atoms with van der Waals surface area (Å²) in [4.78, 5) is 29.0. The van der Waals surface area contributed by atoms with Crippen LogP contribution in [0, 0.1) is 0 Å². The Hall–Kier alpha value is -3.17. The molecule has 1 aliphatic heterocycles. The van der Waals surface area contributed by atoms with Gasteiger partial charge in [-0.05, 0) is 53.8 Å². The maximum Gasteiger partial charge on any atom is 0.326 e. The number of carbonyl (C=O) groups excluding carboxylic acids is 2. The van der Waals surface area contributed by atoms with E-state index in [0.29, 0.717) is 17.9 Å². The number of anilines is 3. The van der Waals surface area contributed by atoms with E-state index in [0.717, 1.165) is 16.8 Å². The van der Waals surface area contributed by atoms with E-state index in [-0.39, 0.29) is 22.9 Å². The highest BCUT2D eigenvalue weighted by Crippen LogP contribution is 2.39. The van der Waals surface area contributed by atoms with Gasteiger partial charge < -0.3 is 10.2 Å². The van der Waals surface area contributed by atoms with E-state index < -0.39 is 9.84 Å². The Bertz CT molecular complexity index is 1270. The van der Waals surface area contributed by atoms with Crippen LogP contribution in [-0.2, 0) is 14.6 Å². The van der Waals surface area contributed by atoms with Gasteiger partial charge in [-0.2, -0.15) is 11.3 Å². The molecule has 2 aromatic carbocycles. The summed E-state index contributed by atoms with van der Waals surface area (Å²) >= 11 is 1.49. The molecule has 1 N–H and O–H groups in total. The van der Waals surface area contributed by atoms with Crippen molar-refractivity contribution in [3.8, 4) is 11.1 Å². The fraction of sp³-hybridized carbons (Fsp3) is 0.217. The van der Waals surface area contributed by atoms with Crippen LogP contribution in [0.25, 0.3) is 11.1 Å². The van der Waals surface area contributed by atoms with E-state index in [9.17, 15) is 18.0 Å². The zero-order chi connectivity index (χ0) is 23.0. The van der Waals surface area contributed by atoms with Crippen molar-refractivity contribution in [3.05, 3.63) is 59.3 Å². The molecule has 7 nitrogen and oxygen atoms in total. The molecule has 0 bridgehead atoms. The maximum atomic E-state index is 13.1. The van der Waals surface area contributed by atoms with Crippen LogP contribution < -0.4 is 15.1 Å². The quantitative estimate of drug-likeness (QED) is 0.607. The van der Waals surface area contributed by atoms with Gasteiger partial charge in [0.25, 0.3) is 0 Å². The Morgan fingerprint density at radius 3 is 2.31 bits per heavy atom. The number of nitrogens with zero attached hydrogens (tertiary/aromatic N) is 2. The lowest BCUT2D eigenvalue weighted by molar-refractivity contribution is -0.117. The Kier molecular flexibility index (Phi) is 5.79. The molecule has 3 amide bonds. The highest BCUT2D eigenvalue weighted by molar-refractivity contribution is 7.90. The van der Waals surface area contributed by atoms with Crippen molar-refractivity contribution in [1.82, 2.24) is 0 Å². The summed E-state index contributed by atoms with van der Waals surface area (Å²) in [5.41, 5.74) is 3.63. The molecule has 0 saturated heterocycles. The molecule has 166 valence electrons. The second kappa shape index (κ2) is 8.40. The van der Waals surface area contributed by atoms with E-state index in [2.05, 4.69) is 5.32 Å². The second-order valence-corrected chi connectivity index (χ2v) is 10.6. The van der Waals surface area contributed by atoms with Gasteiger partial charge in [-0.25, -0.2) is 13.2 Å². The molecule has 0 fully saturated rings. The molecule has 1 aromatic heterocycles. The molecule has 0 radical (unpaired) electrons. The van der Waals surface area contributed by atoms with Crippen molar-refractivity contribution in [2.75, 3.05) is 27.9 Å². The number of nitrogens with one attached hydrogen (secondary N) is 1. The van der Waals surface area contributed by atoms with Crippen LogP contribution in [-0.4, -0.2) is 39.2 Å². The van der Waals surface area contributed by atoms with Crippen LogP contribution in [0.1, 0.15) is 13.8 Å². The highest BCUT2D eigenvalue weighted by Gasteiger charge is 2.34. The Labute approximate surface area is 191 Å². The van der Waals surface area contributed by atoms with E-state index >= 15 is 0 Å². The molecule has 3 aromatic rings. The van der Waals surface area contributed by atoms with E-state index in [1.54, 1.807) is 34.1 Å². The fourth-order valence-electron chi connectivity index (χ4n) is 3.90. The molecule has 4 rings (SSSR count). The lowest BCUT2D eigenvalue weighted by atomic mass is 10.0. The molecule has 32 heavy (non-hydrogen) atoms. The van der Waals surface area contributed by atoms with Gasteiger partial charge in [-0.1, -0.05) is 18.2 Å². The maximum absolute atomic E-state index is 13.1. The van der Waals surface area contributed by atoms with E-state index in [1.165, 1.54) is 24.5 Å². The predicted molar refractivity (Wildman–Crippen MR) is 128 cm³/mol. The standard InChI is InChI=1S/C23H23N3O4S2/c1-15-13-25(23(28)24-19-10-11-31-14-19)22-12-18(6-9-21(22)26(15)16(2)27)17-4-7-20(8-5-17)32(3,29)30/h4-12,14-15H,13H2,1-3H3,(H,24,28)/t15-/m0/s1. The van der Waals surface area contributed by atoms with Crippen molar-refractivity contribution in [3.63, 3.8) is 0 Å². The average Bonchev–Trinajstić information content (AvgIpc) is 3.25. The monoisotopic (exact) mass is 469 g/mol. The summed E-state index contributed by atoms with van der Waals surface area (Å²) < 4.78 is 23.5. The molecular weight excluding hydrogens is 446 g/mol. The first-order valence-corrected chi connectivity index (χ1v) is 12.8. The number of hydrogen-bond acceptors (Lipinski definition) is 5. The summed E-state index contributed by atoms with van der Waals surface area (Å²) in [6.07, 6.45) is 1.17. The number of fused-ring (bicyclic) bond motifs is 1. The van der Waals surface area contributed by atoms with Gasteiger partial charge in [0.1, 0.15) is 0 Å². The number of rotatable bonds is 3. The summed E-state index contributed by atoms with van der Waals surface area (Å²) in [6, 6.07) is 13.5. The third-order valence-corrected chi connectivity index (χ3v) is 7.20. The van der Waals surface area contributed by atoms with Crippen LogP contribution in [0.15, 0.2) is 64.2 Å². The topological polar surface area (TPSA) is 86.8 Å². The van der Waals surface area contributed by atoms with Crippen molar-refractivity contribution in [2.24, 2.45) is 0 Å². The average molecular weight is 470 g/mol. The fourth-order valence-corrected chi connectivity index (χ4v) is 5.12. The Morgan fingerprint density at radius 2 is 1.72 bits per heavy atom. The minimum absolute atomic E-state index is 0.0955. The zero-order valence-corrected chi connectivity index (χ0v) is 19.5. The first-order chi connectivity index (χ1) is 15.1. The van der Waals surface area contributed by atoms with Gasteiger partial charge in [0.15, 0.2) is 9.84 Å². The molecule has 0 aliphatic carbocycles. The Morgan fingerprint density at radius 1 is 1.03 bits per heavy atom. The molecule has 1 aliphatic rings. The molecular formula is C23H23N3O4S2. The predicted octanol–water partition coefficient (Wildman–Crippen LogP) is 4.61. The normalized spacial score (nSPS) is 15.9. The Balaban J connectivity index is 1.76. The highest BCUT2D eigenvalue weighted by atomic mass is 32.2. The molecule has 2 heterocycles. The summed E-state index contributed by atoms with van der Waals surface area (Å²) in [5.74, 6) is -0.0955. The van der Waals surface area contributed by atoms with Crippen molar-refractivity contribution >= 4 is 50.2 Å². The number of carbonyl (C=O) groups is 2. The number of sulfone groups is 1. The number of hydrogen-bond donors (Lipinski definition) is 1. The zero-order valence-electron chi connectivity index (χ0n) is 17.9. The number of urea groups is 1. The summed E-state index contributed by atoms with van der Waals surface area (Å²) in [7, 11) is -3.29. The van der Waals surface area contributed by atoms with Gasteiger partial charge in [-0.15, -0.1) is 0 Å². The molecule has 0 spiro atoms. The number of amides is 3. The van der Waals surface area contributed by atoms with Crippen LogP contribution in [0.5, 0.6) is 0 Å². The molecule has 1 atom stereocenters. The molecule has 0 unspecified atom stereocenters. The number of benzene rings is 2. The summed E-state index contributed by atoms with van der Waals surface area (Å²) in [5, 5.41) is 6.65.